The third-order valence-electron chi connectivity index (χ3n) is 1.69. The number of carbonyl (C=O) groups is 1. The van der Waals surface area contributed by atoms with Crippen LogP contribution in [0.2, 0.25) is 0 Å². The highest BCUT2D eigenvalue weighted by atomic mass is 16.5. The van der Waals surface area contributed by atoms with Crippen molar-refractivity contribution >= 4 is 12.3 Å². The number of carbonyl (C=O) groups excluding carboxylic acids is 1. The van der Waals surface area contributed by atoms with Crippen molar-refractivity contribution in [2.24, 2.45) is 5.10 Å². The van der Waals surface area contributed by atoms with Gasteiger partial charge in [0.15, 0.2) is 6.40 Å². The molecular weight excluding hydrogens is 192 g/mol. The molecule has 15 heavy (non-hydrogen) atoms. The van der Waals surface area contributed by atoms with Crippen LogP contribution in [-0.4, -0.2) is 18.9 Å². The second-order valence-corrected chi connectivity index (χ2v) is 2.89. The highest BCUT2D eigenvalue weighted by Crippen LogP contribution is 1.98. The lowest BCUT2D eigenvalue weighted by Gasteiger charge is -1.99. The van der Waals surface area contributed by atoms with Gasteiger partial charge in [0.05, 0.1) is 13.0 Å². The van der Waals surface area contributed by atoms with E-state index >= 15 is 0 Å². The van der Waals surface area contributed by atoms with Crippen LogP contribution in [0.15, 0.2) is 35.4 Å². The Morgan fingerprint density at radius 3 is 2.87 bits per heavy atom. The van der Waals surface area contributed by atoms with E-state index < -0.39 is 0 Å². The minimum Gasteiger partial charge on any atom is -0.482 e. The fraction of sp³-hybridized carbons (Fsp3) is 0.273. The van der Waals surface area contributed by atoms with Crippen LogP contribution in [0.5, 0.6) is 0 Å². The van der Waals surface area contributed by atoms with Crippen molar-refractivity contribution in [3.05, 3.63) is 35.9 Å². The predicted molar refractivity (Wildman–Crippen MR) is 58.4 cm³/mol. The van der Waals surface area contributed by atoms with Crippen molar-refractivity contribution in [1.29, 1.82) is 0 Å². The van der Waals surface area contributed by atoms with Crippen LogP contribution in [0.3, 0.4) is 0 Å². The second kappa shape index (κ2) is 6.59. The average molecular weight is 206 g/mol. The second-order valence-electron chi connectivity index (χ2n) is 2.89. The molecule has 1 aromatic rings. The SMILES string of the molecule is CCOC=NNC(=O)Cc1ccccc1. The van der Waals surface area contributed by atoms with E-state index in [0.29, 0.717) is 13.0 Å². The molecule has 1 N–H and O–H groups in total. The van der Waals surface area contributed by atoms with Gasteiger partial charge in [0, 0.05) is 0 Å². The van der Waals surface area contributed by atoms with Crippen LogP contribution in [0.4, 0.5) is 0 Å². The van der Waals surface area contributed by atoms with E-state index in [0.717, 1.165) is 5.56 Å². The van der Waals surface area contributed by atoms with E-state index in [-0.39, 0.29) is 5.91 Å². The molecular formula is C11H14N2O2. The summed E-state index contributed by atoms with van der Waals surface area (Å²) in [5.74, 6) is -0.155. The first-order chi connectivity index (χ1) is 7.33. The normalized spacial score (nSPS) is 10.2. The molecule has 1 amide bonds. The van der Waals surface area contributed by atoms with Crippen molar-refractivity contribution < 1.29 is 9.53 Å². The Labute approximate surface area is 88.9 Å². The summed E-state index contributed by atoms with van der Waals surface area (Å²) >= 11 is 0. The molecule has 0 saturated heterocycles. The van der Waals surface area contributed by atoms with Gasteiger partial charge < -0.3 is 4.74 Å². The van der Waals surface area contributed by atoms with Crippen molar-refractivity contribution in [3.63, 3.8) is 0 Å². The third-order valence-corrected chi connectivity index (χ3v) is 1.69. The molecule has 0 unspecified atom stereocenters. The van der Waals surface area contributed by atoms with Crippen molar-refractivity contribution in [3.8, 4) is 0 Å². The molecule has 0 aromatic heterocycles. The van der Waals surface area contributed by atoms with E-state index in [1.54, 1.807) is 0 Å². The fourth-order valence-electron chi connectivity index (χ4n) is 1.03. The van der Waals surface area contributed by atoms with E-state index in [9.17, 15) is 4.79 Å². The number of benzene rings is 1. The van der Waals surface area contributed by atoms with Gasteiger partial charge in [-0.3, -0.25) is 4.79 Å². The molecule has 80 valence electrons. The van der Waals surface area contributed by atoms with Crippen molar-refractivity contribution in [1.82, 2.24) is 5.43 Å². The molecule has 0 aliphatic rings. The van der Waals surface area contributed by atoms with Crippen LogP contribution >= 0.6 is 0 Å². The minimum absolute atomic E-state index is 0.155. The van der Waals surface area contributed by atoms with Gasteiger partial charge in [0.2, 0.25) is 5.91 Å². The number of hydrogen-bond donors (Lipinski definition) is 1. The molecule has 0 aliphatic carbocycles. The van der Waals surface area contributed by atoms with E-state index in [1.807, 2.05) is 37.3 Å². The van der Waals surface area contributed by atoms with E-state index in [2.05, 4.69) is 10.5 Å². The first-order valence-corrected chi connectivity index (χ1v) is 4.79. The zero-order chi connectivity index (χ0) is 10.9. The third kappa shape index (κ3) is 4.81. The smallest absolute Gasteiger partial charge is 0.244 e. The maximum atomic E-state index is 11.3. The number of amides is 1. The summed E-state index contributed by atoms with van der Waals surface area (Å²) in [6, 6.07) is 9.49. The number of rotatable bonds is 5. The van der Waals surface area contributed by atoms with Crippen LogP contribution in [0.1, 0.15) is 12.5 Å². The number of nitrogens with one attached hydrogen (secondary N) is 1. The molecule has 0 bridgehead atoms. The number of ether oxygens (including phenoxy) is 1. The lowest BCUT2D eigenvalue weighted by molar-refractivity contribution is -0.120. The lowest BCUT2D eigenvalue weighted by atomic mass is 10.1. The molecule has 0 saturated carbocycles. The van der Waals surface area contributed by atoms with Gasteiger partial charge >= 0.3 is 0 Å². The predicted octanol–water partition coefficient (Wildman–Crippen LogP) is 1.33. The van der Waals surface area contributed by atoms with Crippen molar-refractivity contribution in [2.75, 3.05) is 6.61 Å². The van der Waals surface area contributed by atoms with E-state index in [1.165, 1.54) is 6.40 Å². The minimum atomic E-state index is -0.155. The monoisotopic (exact) mass is 206 g/mol. The molecule has 1 aromatic carbocycles. The highest BCUT2D eigenvalue weighted by Gasteiger charge is 2.00. The largest absolute Gasteiger partial charge is 0.482 e. The van der Waals surface area contributed by atoms with Crippen LogP contribution in [0.25, 0.3) is 0 Å². The summed E-state index contributed by atoms with van der Waals surface area (Å²) in [7, 11) is 0. The van der Waals surface area contributed by atoms with Gasteiger partial charge in [-0.1, -0.05) is 30.3 Å². The molecule has 4 nitrogen and oxygen atoms in total. The van der Waals surface area contributed by atoms with Gasteiger partial charge in [-0.25, -0.2) is 5.43 Å². The Balaban J connectivity index is 2.31. The lowest BCUT2D eigenvalue weighted by Crippen LogP contribution is -2.19. The van der Waals surface area contributed by atoms with Gasteiger partial charge in [-0.05, 0) is 12.5 Å². The first-order valence-electron chi connectivity index (χ1n) is 4.79. The first kappa shape index (κ1) is 11.2. The fourth-order valence-corrected chi connectivity index (χ4v) is 1.03. The average Bonchev–Trinajstić information content (AvgIpc) is 2.26. The molecule has 0 heterocycles. The summed E-state index contributed by atoms with van der Waals surface area (Å²) in [4.78, 5) is 11.3. The summed E-state index contributed by atoms with van der Waals surface area (Å²) < 4.78 is 4.83. The Kier molecular flexibility index (Phi) is 4.94. The molecule has 0 radical (unpaired) electrons. The highest BCUT2D eigenvalue weighted by molar-refractivity contribution is 5.78. The molecule has 0 fully saturated rings. The summed E-state index contributed by atoms with van der Waals surface area (Å²) in [5.41, 5.74) is 3.33. The summed E-state index contributed by atoms with van der Waals surface area (Å²) in [5, 5.41) is 3.61. The van der Waals surface area contributed by atoms with Gasteiger partial charge in [0.1, 0.15) is 0 Å². The number of nitrogens with zero attached hydrogens (tertiary/aromatic N) is 1. The molecule has 0 spiro atoms. The number of hydrazone groups is 1. The quantitative estimate of drug-likeness (QED) is 0.449. The maximum absolute atomic E-state index is 11.3. The molecule has 1 rings (SSSR count). The zero-order valence-corrected chi connectivity index (χ0v) is 8.64. The molecule has 0 atom stereocenters. The Morgan fingerprint density at radius 1 is 1.47 bits per heavy atom. The molecule has 4 heteroatoms. The Bertz CT molecular complexity index is 323. The maximum Gasteiger partial charge on any atom is 0.244 e. The van der Waals surface area contributed by atoms with E-state index in [4.69, 9.17) is 4.74 Å². The van der Waals surface area contributed by atoms with Crippen LogP contribution in [-0.2, 0) is 16.0 Å². The van der Waals surface area contributed by atoms with Gasteiger partial charge in [-0.2, -0.15) is 0 Å². The van der Waals surface area contributed by atoms with Crippen molar-refractivity contribution in [2.45, 2.75) is 13.3 Å². The number of hydrogen-bond acceptors (Lipinski definition) is 3. The molecule has 0 aliphatic heterocycles. The summed E-state index contributed by atoms with van der Waals surface area (Å²) in [6.07, 6.45) is 1.55. The standard InChI is InChI=1S/C11H14N2O2/c1-2-15-9-12-13-11(14)8-10-6-4-3-5-7-10/h3-7,9H,2,8H2,1H3,(H,13,14). The van der Waals surface area contributed by atoms with Crippen LogP contribution < -0.4 is 5.43 Å². The van der Waals surface area contributed by atoms with Gasteiger partial charge in [-0.15, -0.1) is 5.10 Å². The Morgan fingerprint density at radius 2 is 2.20 bits per heavy atom. The van der Waals surface area contributed by atoms with Crippen LogP contribution in [0, 0.1) is 0 Å². The topological polar surface area (TPSA) is 50.7 Å². The summed E-state index contributed by atoms with van der Waals surface area (Å²) in [6.45, 7) is 2.38. The Hall–Kier alpha value is -1.84. The zero-order valence-electron chi connectivity index (χ0n) is 8.64. The van der Waals surface area contributed by atoms with Gasteiger partial charge in [0.25, 0.3) is 0 Å².